The highest BCUT2D eigenvalue weighted by molar-refractivity contribution is 7.17. The third-order valence-electron chi connectivity index (χ3n) is 4.56. The summed E-state index contributed by atoms with van der Waals surface area (Å²) in [6.45, 7) is 4.46. The fourth-order valence-corrected chi connectivity index (χ4v) is 4.43. The summed E-state index contributed by atoms with van der Waals surface area (Å²) in [7, 11) is 1.50. The number of thiophene rings is 1. The Hall–Kier alpha value is -2.87. The minimum atomic E-state index is -0.466. The van der Waals surface area contributed by atoms with Crippen molar-refractivity contribution in [3.05, 3.63) is 45.8 Å². The Morgan fingerprint density at radius 3 is 2.68 bits per heavy atom. The van der Waals surface area contributed by atoms with Crippen LogP contribution in [0.15, 0.2) is 24.3 Å². The normalized spacial score (nSPS) is 12.9. The van der Waals surface area contributed by atoms with Crippen LogP contribution in [0.4, 0.5) is 5.00 Å². The quantitative estimate of drug-likeness (QED) is 0.777. The largest absolute Gasteiger partial charge is 0.496 e. The van der Waals surface area contributed by atoms with Gasteiger partial charge >= 0.3 is 5.97 Å². The van der Waals surface area contributed by atoms with E-state index in [1.807, 2.05) is 0 Å². The highest BCUT2D eigenvalue weighted by Crippen LogP contribution is 2.38. The second-order valence-corrected chi connectivity index (χ2v) is 7.38. The first kappa shape index (κ1) is 19.9. The maximum absolute atomic E-state index is 12.8. The molecule has 3 rings (SSSR count). The molecule has 0 unspecified atom stereocenters. The van der Waals surface area contributed by atoms with Crippen molar-refractivity contribution in [1.82, 2.24) is 4.90 Å². The average molecular weight is 402 g/mol. The van der Waals surface area contributed by atoms with Crippen LogP contribution in [0, 0.1) is 0 Å². The number of hydrogen-bond donors (Lipinski definition) is 1. The van der Waals surface area contributed by atoms with Crippen LogP contribution in [-0.4, -0.2) is 42.9 Å². The average Bonchev–Trinajstić information content (AvgIpc) is 3.04. The molecule has 1 aromatic carbocycles. The molecule has 1 N–H and O–H groups in total. The van der Waals surface area contributed by atoms with E-state index in [1.54, 1.807) is 36.1 Å². The lowest BCUT2D eigenvalue weighted by molar-refractivity contribution is -0.129. The van der Waals surface area contributed by atoms with Crippen LogP contribution in [-0.2, 0) is 22.5 Å². The van der Waals surface area contributed by atoms with Crippen LogP contribution in [0.2, 0.25) is 0 Å². The number of esters is 1. The summed E-state index contributed by atoms with van der Waals surface area (Å²) in [6, 6.07) is 6.88. The van der Waals surface area contributed by atoms with Gasteiger partial charge in [0.1, 0.15) is 10.8 Å². The summed E-state index contributed by atoms with van der Waals surface area (Å²) >= 11 is 1.31. The number of nitrogens with one attached hydrogen (secondary N) is 1. The van der Waals surface area contributed by atoms with Crippen molar-refractivity contribution in [2.24, 2.45) is 0 Å². The molecule has 0 fully saturated rings. The Morgan fingerprint density at radius 2 is 2.00 bits per heavy atom. The number of carbonyl (C=O) groups excluding carboxylic acids is 3. The predicted molar refractivity (Wildman–Crippen MR) is 106 cm³/mol. The van der Waals surface area contributed by atoms with Crippen LogP contribution in [0.3, 0.4) is 0 Å². The van der Waals surface area contributed by atoms with Crippen molar-refractivity contribution in [2.75, 3.05) is 25.6 Å². The summed E-state index contributed by atoms with van der Waals surface area (Å²) in [4.78, 5) is 39.7. The van der Waals surface area contributed by atoms with E-state index in [9.17, 15) is 14.4 Å². The molecule has 0 radical (unpaired) electrons. The molecule has 28 heavy (non-hydrogen) atoms. The molecule has 0 spiro atoms. The van der Waals surface area contributed by atoms with Crippen molar-refractivity contribution in [1.29, 1.82) is 0 Å². The number of fused-ring (bicyclic) bond motifs is 1. The zero-order chi connectivity index (χ0) is 20.3. The van der Waals surface area contributed by atoms with Crippen molar-refractivity contribution in [3.8, 4) is 5.75 Å². The van der Waals surface area contributed by atoms with E-state index in [4.69, 9.17) is 9.47 Å². The molecule has 1 aliphatic heterocycles. The number of benzene rings is 1. The number of methoxy groups -OCH3 is 1. The number of carbonyl (C=O) groups is 3. The van der Waals surface area contributed by atoms with Gasteiger partial charge in [0.2, 0.25) is 5.91 Å². The molecular weight excluding hydrogens is 380 g/mol. The van der Waals surface area contributed by atoms with Gasteiger partial charge in [-0.15, -0.1) is 11.3 Å². The van der Waals surface area contributed by atoms with Crippen LogP contribution in [0.25, 0.3) is 0 Å². The van der Waals surface area contributed by atoms with E-state index >= 15 is 0 Å². The van der Waals surface area contributed by atoms with Crippen LogP contribution >= 0.6 is 11.3 Å². The number of ether oxygens (including phenoxy) is 2. The third-order valence-corrected chi connectivity index (χ3v) is 5.69. The van der Waals surface area contributed by atoms with Gasteiger partial charge in [-0.1, -0.05) is 12.1 Å². The zero-order valence-electron chi connectivity index (χ0n) is 16.0. The minimum Gasteiger partial charge on any atom is -0.496 e. The van der Waals surface area contributed by atoms with E-state index in [1.165, 1.54) is 25.4 Å². The third kappa shape index (κ3) is 3.87. The summed E-state index contributed by atoms with van der Waals surface area (Å²) in [5.41, 5.74) is 1.60. The first-order valence-electron chi connectivity index (χ1n) is 8.97. The molecule has 0 saturated heterocycles. The molecule has 7 nitrogen and oxygen atoms in total. The van der Waals surface area contributed by atoms with E-state index in [-0.39, 0.29) is 18.4 Å². The van der Waals surface area contributed by atoms with Gasteiger partial charge in [-0.25, -0.2) is 4.79 Å². The monoisotopic (exact) mass is 402 g/mol. The Bertz CT molecular complexity index is 921. The van der Waals surface area contributed by atoms with Crippen LogP contribution in [0.1, 0.15) is 45.0 Å². The van der Waals surface area contributed by atoms with Crippen LogP contribution < -0.4 is 10.1 Å². The molecular formula is C20H22N2O5S. The molecule has 0 saturated carbocycles. The second kappa shape index (κ2) is 8.43. The van der Waals surface area contributed by atoms with Gasteiger partial charge in [0.15, 0.2) is 0 Å². The van der Waals surface area contributed by atoms with E-state index in [0.717, 1.165) is 10.4 Å². The van der Waals surface area contributed by atoms with Crippen LogP contribution in [0.5, 0.6) is 5.75 Å². The van der Waals surface area contributed by atoms with E-state index < -0.39 is 5.97 Å². The Morgan fingerprint density at radius 1 is 1.25 bits per heavy atom. The summed E-state index contributed by atoms with van der Waals surface area (Å²) in [6.07, 6.45) is 0.546. The Kier molecular flexibility index (Phi) is 5.99. The summed E-state index contributed by atoms with van der Waals surface area (Å²) < 4.78 is 10.5. The lowest BCUT2D eigenvalue weighted by Crippen LogP contribution is -2.34. The molecule has 148 valence electrons. The molecule has 2 heterocycles. The van der Waals surface area contributed by atoms with Crippen molar-refractivity contribution < 1.29 is 23.9 Å². The number of hydrogen-bond acceptors (Lipinski definition) is 6. The number of anilines is 1. The van der Waals surface area contributed by atoms with Gasteiger partial charge in [-0.2, -0.15) is 0 Å². The number of para-hydroxylation sites is 1. The molecule has 8 heteroatoms. The van der Waals surface area contributed by atoms with Gasteiger partial charge in [-0.05, 0) is 31.0 Å². The maximum atomic E-state index is 12.8. The molecule has 2 aromatic rings. The molecule has 1 aromatic heterocycles. The van der Waals surface area contributed by atoms with Gasteiger partial charge in [0.05, 0.1) is 31.4 Å². The van der Waals surface area contributed by atoms with Crippen molar-refractivity contribution in [2.45, 2.75) is 26.8 Å². The lowest BCUT2D eigenvalue weighted by atomic mass is 10.0. The van der Waals surface area contributed by atoms with E-state index in [2.05, 4.69) is 5.32 Å². The Labute approximate surface area is 167 Å². The van der Waals surface area contributed by atoms with Gasteiger partial charge in [0.25, 0.3) is 5.91 Å². The fraction of sp³-hybridized carbons (Fsp3) is 0.350. The van der Waals surface area contributed by atoms with Gasteiger partial charge < -0.3 is 19.7 Å². The minimum absolute atomic E-state index is 0.0173. The standard InChI is InChI=1S/C20H22N2O5S/c1-4-27-20(25)17-14-9-10-22(12(2)23)11-16(14)28-19(17)21-18(24)13-7-5-6-8-15(13)26-3/h5-8H,4,9-11H2,1-3H3,(H,21,24). The fourth-order valence-electron chi connectivity index (χ4n) is 3.18. The second-order valence-electron chi connectivity index (χ2n) is 6.27. The summed E-state index contributed by atoms with van der Waals surface area (Å²) in [5.74, 6) is -0.408. The smallest absolute Gasteiger partial charge is 0.341 e. The predicted octanol–water partition coefficient (Wildman–Crippen LogP) is 3.09. The highest BCUT2D eigenvalue weighted by Gasteiger charge is 2.30. The first-order valence-corrected chi connectivity index (χ1v) is 9.79. The zero-order valence-corrected chi connectivity index (χ0v) is 16.9. The van der Waals surface area contributed by atoms with Crippen molar-refractivity contribution >= 4 is 34.1 Å². The maximum Gasteiger partial charge on any atom is 0.341 e. The molecule has 0 bridgehead atoms. The molecule has 0 aliphatic carbocycles. The van der Waals surface area contributed by atoms with Crippen molar-refractivity contribution in [3.63, 3.8) is 0 Å². The Balaban J connectivity index is 1.97. The van der Waals surface area contributed by atoms with Gasteiger partial charge in [0, 0.05) is 18.3 Å². The topological polar surface area (TPSA) is 84.9 Å². The van der Waals surface area contributed by atoms with Gasteiger partial charge in [-0.3, -0.25) is 9.59 Å². The van der Waals surface area contributed by atoms with E-state index in [0.29, 0.717) is 41.4 Å². The molecule has 2 amide bonds. The highest BCUT2D eigenvalue weighted by atomic mass is 32.1. The summed E-state index contributed by atoms with van der Waals surface area (Å²) in [5, 5.41) is 3.27. The number of nitrogens with zero attached hydrogens (tertiary/aromatic N) is 1. The SMILES string of the molecule is CCOC(=O)c1c(NC(=O)c2ccccc2OC)sc2c1CCN(C(C)=O)C2. The lowest BCUT2D eigenvalue weighted by Gasteiger charge is -2.25. The number of rotatable bonds is 5. The first-order chi connectivity index (χ1) is 13.5. The molecule has 0 atom stereocenters. The number of amides is 2. The molecule has 1 aliphatic rings.